The highest BCUT2D eigenvalue weighted by Gasteiger charge is 2.42. The molecule has 5 aromatic rings. The fraction of sp³-hybridized carbons (Fsp3) is 0.244. The Kier molecular flexibility index (Phi) is 11.4. The lowest BCUT2D eigenvalue weighted by Gasteiger charge is -2.35. The lowest BCUT2D eigenvalue weighted by molar-refractivity contribution is -0.116. The number of Topliss-reactive ketones (excluding diaryl/α,β-unsaturated/α-hetero) is 1. The van der Waals surface area contributed by atoms with Crippen LogP contribution in [0.1, 0.15) is 58.8 Å². The molecule has 5 aromatic carbocycles. The Morgan fingerprint density at radius 2 is 1.45 bits per heavy atom. The van der Waals surface area contributed by atoms with E-state index >= 15 is 4.79 Å². The molecule has 0 bridgehead atoms. The summed E-state index contributed by atoms with van der Waals surface area (Å²) in [7, 11) is 6.14. The number of halogens is 1. The Bertz CT molecular complexity index is 2250. The number of benzene rings is 5. The van der Waals surface area contributed by atoms with Crippen LogP contribution in [0, 0.1) is 0 Å². The topological polar surface area (TPSA) is 105 Å². The van der Waals surface area contributed by atoms with Crippen LogP contribution >= 0.6 is 11.6 Å². The van der Waals surface area contributed by atoms with Crippen LogP contribution in [-0.2, 0) is 11.4 Å². The van der Waals surface area contributed by atoms with Crippen molar-refractivity contribution in [3.8, 4) is 34.5 Å². The number of para-hydroxylation sites is 2. The third kappa shape index (κ3) is 7.57. The number of nitrogens with one attached hydrogen (secondary N) is 1. The molecule has 1 N–H and O–H groups in total. The van der Waals surface area contributed by atoms with Gasteiger partial charge >= 0.3 is 0 Å². The molecule has 2 atom stereocenters. The summed E-state index contributed by atoms with van der Waals surface area (Å²) >= 11 is 6.11. The van der Waals surface area contributed by atoms with Gasteiger partial charge in [0.25, 0.3) is 5.91 Å². The summed E-state index contributed by atoms with van der Waals surface area (Å²) in [6, 6.07) is 30.8. The Hall–Kier alpha value is -6.13. The normalized spacial score (nSPS) is 16.2. The van der Waals surface area contributed by atoms with E-state index in [1.807, 2.05) is 97.9 Å². The number of nitrogens with zero attached hydrogens (tertiary/aromatic N) is 1. The molecule has 0 saturated carbocycles. The third-order valence-electron chi connectivity index (χ3n) is 10.1. The van der Waals surface area contributed by atoms with Gasteiger partial charge in [0.05, 0.1) is 52.5 Å². The van der Waals surface area contributed by atoms with Crippen molar-refractivity contribution in [2.24, 2.45) is 0 Å². The van der Waals surface area contributed by atoms with E-state index in [1.165, 1.54) is 21.3 Å². The van der Waals surface area contributed by atoms with Crippen LogP contribution in [0.5, 0.6) is 34.5 Å². The molecular weight excluding hydrogens is 732 g/mol. The van der Waals surface area contributed by atoms with Crippen molar-refractivity contribution in [1.29, 1.82) is 0 Å². The largest absolute Gasteiger partial charge is 0.497 e. The van der Waals surface area contributed by atoms with Gasteiger partial charge in [0.1, 0.15) is 12.4 Å². The van der Waals surface area contributed by atoms with Crippen molar-refractivity contribution >= 4 is 34.7 Å². The molecule has 2 aliphatic rings. The van der Waals surface area contributed by atoms with E-state index in [-0.39, 0.29) is 36.2 Å². The molecule has 288 valence electrons. The SMILES string of the molecule is CCOc1cc([C@H]2C3=C(C[C@H](c4ccc(OC)cc4)CC3=O)Nc3ccccc3N2C(=O)c2cc(OC)c(OC)c(OC)c2)ccc1OCc1ccc(Cl)cc1. The average molecular weight is 775 g/mol. The first-order chi connectivity index (χ1) is 27.3. The van der Waals surface area contributed by atoms with Gasteiger partial charge in [0, 0.05) is 28.3 Å². The number of hydrogen-bond donors (Lipinski definition) is 1. The lowest BCUT2D eigenvalue weighted by Crippen LogP contribution is -2.38. The smallest absolute Gasteiger partial charge is 0.259 e. The van der Waals surface area contributed by atoms with Gasteiger partial charge in [0.2, 0.25) is 5.75 Å². The van der Waals surface area contributed by atoms with Gasteiger partial charge in [-0.05, 0) is 96.6 Å². The van der Waals surface area contributed by atoms with Crippen LogP contribution in [0.2, 0.25) is 5.02 Å². The second kappa shape index (κ2) is 16.7. The molecule has 0 aromatic heterocycles. The van der Waals surface area contributed by atoms with Gasteiger partial charge in [0.15, 0.2) is 28.8 Å². The molecular formula is C45H43ClN2O8. The van der Waals surface area contributed by atoms with Crippen LogP contribution in [0.3, 0.4) is 0 Å². The number of anilines is 2. The summed E-state index contributed by atoms with van der Waals surface area (Å²) in [5.74, 6) is 2.17. The van der Waals surface area contributed by atoms with Crippen molar-refractivity contribution in [3.05, 3.63) is 142 Å². The average Bonchev–Trinajstić information content (AvgIpc) is 3.38. The molecule has 56 heavy (non-hydrogen) atoms. The second-order valence-electron chi connectivity index (χ2n) is 13.4. The fourth-order valence-electron chi connectivity index (χ4n) is 7.41. The van der Waals surface area contributed by atoms with Crippen LogP contribution in [-0.4, -0.2) is 46.7 Å². The maximum Gasteiger partial charge on any atom is 0.259 e. The van der Waals surface area contributed by atoms with Crippen LogP contribution < -0.4 is 38.6 Å². The highest BCUT2D eigenvalue weighted by Crippen LogP contribution is 2.50. The Labute approximate surface area is 331 Å². The quantitative estimate of drug-likeness (QED) is 0.133. The summed E-state index contributed by atoms with van der Waals surface area (Å²) in [6.07, 6.45) is 0.775. The maximum absolute atomic E-state index is 15.3. The molecule has 10 nitrogen and oxygen atoms in total. The molecule has 1 heterocycles. The molecule has 11 heteroatoms. The van der Waals surface area contributed by atoms with Crippen molar-refractivity contribution < 1.29 is 38.0 Å². The van der Waals surface area contributed by atoms with Crippen molar-refractivity contribution in [3.63, 3.8) is 0 Å². The van der Waals surface area contributed by atoms with E-state index in [0.29, 0.717) is 69.3 Å². The Balaban J connectivity index is 1.40. The Morgan fingerprint density at radius 1 is 0.750 bits per heavy atom. The highest BCUT2D eigenvalue weighted by molar-refractivity contribution is 6.30. The number of amides is 1. The molecule has 1 aliphatic heterocycles. The number of rotatable bonds is 12. The first-order valence-corrected chi connectivity index (χ1v) is 18.7. The zero-order valence-electron chi connectivity index (χ0n) is 31.9. The molecule has 0 unspecified atom stereocenters. The number of hydrogen-bond acceptors (Lipinski definition) is 9. The number of allylic oxidation sites excluding steroid dienone is 1. The fourth-order valence-corrected chi connectivity index (χ4v) is 7.53. The minimum atomic E-state index is -0.874. The van der Waals surface area contributed by atoms with Crippen LogP contribution in [0.25, 0.3) is 0 Å². The van der Waals surface area contributed by atoms with E-state index < -0.39 is 6.04 Å². The summed E-state index contributed by atoms with van der Waals surface area (Å²) in [5, 5.41) is 4.25. The van der Waals surface area contributed by atoms with Crippen LogP contribution in [0.4, 0.5) is 11.4 Å². The minimum Gasteiger partial charge on any atom is -0.497 e. The maximum atomic E-state index is 15.3. The zero-order valence-corrected chi connectivity index (χ0v) is 32.6. The number of carbonyl (C=O) groups is 2. The molecule has 1 amide bonds. The second-order valence-corrected chi connectivity index (χ2v) is 13.8. The molecule has 1 aliphatic carbocycles. The summed E-state index contributed by atoms with van der Waals surface area (Å²) < 4.78 is 34.7. The minimum absolute atomic E-state index is 0.0823. The molecule has 0 radical (unpaired) electrons. The van der Waals surface area contributed by atoms with Crippen molar-refractivity contribution in [1.82, 2.24) is 0 Å². The van der Waals surface area contributed by atoms with Gasteiger partial charge in [-0.25, -0.2) is 0 Å². The van der Waals surface area contributed by atoms with Crippen molar-refractivity contribution in [2.75, 3.05) is 45.3 Å². The highest BCUT2D eigenvalue weighted by atomic mass is 35.5. The zero-order chi connectivity index (χ0) is 39.3. The van der Waals surface area contributed by atoms with E-state index in [9.17, 15) is 4.79 Å². The number of fused-ring (bicyclic) bond motifs is 1. The van der Waals surface area contributed by atoms with Gasteiger partial charge in [-0.3, -0.25) is 14.5 Å². The van der Waals surface area contributed by atoms with E-state index in [2.05, 4.69) is 5.32 Å². The summed E-state index contributed by atoms with van der Waals surface area (Å²) in [4.78, 5) is 31.7. The predicted molar refractivity (Wildman–Crippen MR) is 216 cm³/mol. The molecule has 0 fully saturated rings. The van der Waals surface area contributed by atoms with Crippen molar-refractivity contribution in [2.45, 2.75) is 38.3 Å². The van der Waals surface area contributed by atoms with Gasteiger partial charge in [-0.1, -0.05) is 54.1 Å². The number of methoxy groups -OCH3 is 4. The summed E-state index contributed by atoms with van der Waals surface area (Å²) in [6.45, 7) is 2.54. The number of carbonyl (C=O) groups excluding carboxylic acids is 2. The summed E-state index contributed by atoms with van der Waals surface area (Å²) in [5.41, 5.74) is 5.38. The van der Waals surface area contributed by atoms with Crippen LogP contribution in [0.15, 0.2) is 114 Å². The Morgan fingerprint density at radius 3 is 2.11 bits per heavy atom. The van der Waals surface area contributed by atoms with Gasteiger partial charge in [-0.15, -0.1) is 0 Å². The standard InChI is InChI=1S/C45H43ClN2O8/c1-6-55-39-23-29(15-20-38(39)56-26-27-11-16-32(46)17-12-27)43-42-35(21-30(22-37(42)49)28-13-18-33(51-2)19-14-28)47-34-9-7-8-10-36(34)48(43)45(50)31-24-40(52-3)44(54-5)41(25-31)53-4/h7-20,23-25,30,43,47H,6,21-22,26H2,1-5H3/t30-,43-/m0/s1. The number of ketones is 1. The van der Waals surface area contributed by atoms with E-state index in [1.54, 1.807) is 24.1 Å². The predicted octanol–water partition coefficient (Wildman–Crippen LogP) is 9.57. The lowest BCUT2D eigenvalue weighted by atomic mass is 9.78. The molecule has 0 spiro atoms. The first kappa shape index (κ1) is 38.2. The van der Waals surface area contributed by atoms with Gasteiger partial charge < -0.3 is 33.7 Å². The van der Waals surface area contributed by atoms with Gasteiger partial charge in [-0.2, -0.15) is 0 Å². The monoisotopic (exact) mass is 774 g/mol. The first-order valence-electron chi connectivity index (χ1n) is 18.3. The van der Waals surface area contributed by atoms with E-state index in [4.69, 9.17) is 40.0 Å². The number of ether oxygens (including phenoxy) is 6. The molecule has 7 rings (SSSR count). The third-order valence-corrected chi connectivity index (χ3v) is 10.3. The molecule has 0 saturated heterocycles. The van der Waals surface area contributed by atoms with E-state index in [0.717, 1.165) is 22.6 Å².